The molecule has 1 amide bonds. The van der Waals surface area contributed by atoms with Crippen LogP contribution < -0.4 is 5.14 Å². The molecule has 1 aliphatic rings. The van der Waals surface area contributed by atoms with Crippen molar-refractivity contribution in [1.29, 1.82) is 0 Å². The quantitative estimate of drug-likeness (QED) is 0.919. The maximum atomic E-state index is 12.5. The molecule has 1 aliphatic heterocycles. The van der Waals surface area contributed by atoms with Crippen LogP contribution >= 0.6 is 11.6 Å². The third kappa shape index (κ3) is 3.75. The van der Waals surface area contributed by atoms with Gasteiger partial charge in [-0.25, -0.2) is 13.6 Å². The number of benzene rings is 1. The van der Waals surface area contributed by atoms with Crippen LogP contribution in [0.5, 0.6) is 0 Å². The minimum atomic E-state index is -3.85. The molecular weight excluding hydrogens is 312 g/mol. The van der Waals surface area contributed by atoms with Gasteiger partial charge in [0.05, 0.1) is 15.5 Å². The summed E-state index contributed by atoms with van der Waals surface area (Å²) < 4.78 is 22.8. The fourth-order valence-electron chi connectivity index (χ4n) is 2.68. The Balaban J connectivity index is 2.24. The van der Waals surface area contributed by atoms with Gasteiger partial charge in [0.2, 0.25) is 10.0 Å². The number of hydrogen-bond acceptors (Lipinski definition) is 3. The number of carbonyl (C=O) groups excluding carboxylic acids is 1. The topological polar surface area (TPSA) is 80.5 Å². The summed E-state index contributed by atoms with van der Waals surface area (Å²) in [6.07, 6.45) is 3.16. The van der Waals surface area contributed by atoms with E-state index in [1.165, 1.54) is 18.2 Å². The van der Waals surface area contributed by atoms with E-state index in [-0.39, 0.29) is 21.4 Å². The van der Waals surface area contributed by atoms with Crippen LogP contribution in [0, 0.1) is 5.92 Å². The fourth-order valence-corrected chi connectivity index (χ4v) is 3.41. The first kappa shape index (κ1) is 16.3. The molecule has 1 fully saturated rings. The van der Waals surface area contributed by atoms with E-state index in [4.69, 9.17) is 16.7 Å². The van der Waals surface area contributed by atoms with Crippen LogP contribution in [0.1, 0.15) is 36.5 Å². The van der Waals surface area contributed by atoms with Gasteiger partial charge in [-0.3, -0.25) is 4.79 Å². The highest BCUT2D eigenvalue weighted by molar-refractivity contribution is 7.89. The Kier molecular flexibility index (Phi) is 4.91. The van der Waals surface area contributed by atoms with E-state index in [0.29, 0.717) is 19.0 Å². The zero-order chi connectivity index (χ0) is 15.6. The molecule has 1 heterocycles. The molecule has 2 rings (SSSR count). The van der Waals surface area contributed by atoms with Gasteiger partial charge in [-0.15, -0.1) is 0 Å². The van der Waals surface area contributed by atoms with Crippen molar-refractivity contribution in [2.45, 2.75) is 31.1 Å². The van der Waals surface area contributed by atoms with E-state index in [0.717, 1.165) is 19.3 Å². The standard InChI is InChI=1S/C14H19ClN2O3S/c1-2-3-10-6-7-17(9-10)14(18)12-8-11(21(16,19)20)4-5-13(12)15/h4-5,8,10H,2-3,6-7,9H2,1H3,(H2,16,19,20). The molecule has 1 aromatic rings. The van der Waals surface area contributed by atoms with Gasteiger partial charge in [0.25, 0.3) is 5.91 Å². The van der Waals surface area contributed by atoms with Crippen LogP contribution in [0.4, 0.5) is 0 Å². The zero-order valence-electron chi connectivity index (χ0n) is 11.9. The van der Waals surface area contributed by atoms with Crippen LogP contribution in [0.3, 0.4) is 0 Å². The average molecular weight is 331 g/mol. The van der Waals surface area contributed by atoms with Gasteiger partial charge in [-0.1, -0.05) is 24.9 Å². The fraction of sp³-hybridized carbons (Fsp3) is 0.500. The van der Waals surface area contributed by atoms with E-state index < -0.39 is 10.0 Å². The Hall–Kier alpha value is -1.11. The maximum Gasteiger partial charge on any atom is 0.255 e. The third-order valence-corrected chi connectivity index (χ3v) is 5.01. The molecule has 0 aromatic heterocycles. The van der Waals surface area contributed by atoms with Crippen molar-refractivity contribution in [3.05, 3.63) is 28.8 Å². The number of carbonyl (C=O) groups is 1. The van der Waals surface area contributed by atoms with Crippen LogP contribution in [0.15, 0.2) is 23.1 Å². The molecule has 7 heteroatoms. The highest BCUT2D eigenvalue weighted by atomic mass is 35.5. The van der Waals surface area contributed by atoms with Gasteiger partial charge in [-0.05, 0) is 37.0 Å². The molecule has 116 valence electrons. The Bertz CT molecular complexity index is 646. The molecule has 1 saturated heterocycles. The molecule has 1 aromatic carbocycles. The summed E-state index contributed by atoms with van der Waals surface area (Å²) in [5.74, 6) is 0.281. The van der Waals surface area contributed by atoms with Crippen molar-refractivity contribution in [1.82, 2.24) is 4.90 Å². The van der Waals surface area contributed by atoms with Crippen molar-refractivity contribution in [3.63, 3.8) is 0 Å². The monoisotopic (exact) mass is 330 g/mol. The Morgan fingerprint density at radius 3 is 2.81 bits per heavy atom. The smallest absolute Gasteiger partial charge is 0.255 e. The van der Waals surface area contributed by atoms with E-state index in [1.54, 1.807) is 4.90 Å². The van der Waals surface area contributed by atoms with Crippen molar-refractivity contribution in [2.75, 3.05) is 13.1 Å². The number of amides is 1. The van der Waals surface area contributed by atoms with Crippen LogP contribution in [-0.4, -0.2) is 32.3 Å². The second kappa shape index (κ2) is 6.34. The predicted molar refractivity (Wildman–Crippen MR) is 81.7 cm³/mol. The summed E-state index contributed by atoms with van der Waals surface area (Å²) in [4.78, 5) is 14.1. The highest BCUT2D eigenvalue weighted by Gasteiger charge is 2.28. The van der Waals surface area contributed by atoms with E-state index in [1.807, 2.05) is 0 Å². The predicted octanol–water partition coefficient (Wildman–Crippen LogP) is 2.25. The van der Waals surface area contributed by atoms with Crippen LogP contribution in [0.25, 0.3) is 0 Å². The Morgan fingerprint density at radius 2 is 2.19 bits per heavy atom. The van der Waals surface area contributed by atoms with Crippen molar-refractivity contribution < 1.29 is 13.2 Å². The average Bonchev–Trinajstić information content (AvgIpc) is 2.86. The summed E-state index contributed by atoms with van der Waals surface area (Å²) >= 11 is 6.03. The molecular formula is C14H19ClN2O3S. The van der Waals surface area contributed by atoms with Gasteiger partial charge >= 0.3 is 0 Å². The second-order valence-electron chi connectivity index (χ2n) is 5.38. The minimum absolute atomic E-state index is 0.0976. The van der Waals surface area contributed by atoms with E-state index in [9.17, 15) is 13.2 Å². The lowest BCUT2D eigenvalue weighted by Gasteiger charge is -2.17. The molecule has 21 heavy (non-hydrogen) atoms. The van der Waals surface area contributed by atoms with Crippen molar-refractivity contribution in [2.24, 2.45) is 11.1 Å². The molecule has 0 saturated carbocycles. The summed E-state index contributed by atoms with van der Waals surface area (Å²) in [7, 11) is -3.85. The third-order valence-electron chi connectivity index (χ3n) is 3.77. The summed E-state index contributed by atoms with van der Waals surface area (Å²) in [6, 6.07) is 3.96. The maximum absolute atomic E-state index is 12.5. The van der Waals surface area contributed by atoms with Gasteiger partial charge < -0.3 is 4.90 Å². The number of nitrogens with zero attached hydrogens (tertiary/aromatic N) is 1. The molecule has 1 unspecified atom stereocenters. The van der Waals surface area contributed by atoms with Crippen molar-refractivity contribution >= 4 is 27.5 Å². The molecule has 0 bridgehead atoms. The summed E-state index contributed by atoms with van der Waals surface area (Å²) in [6.45, 7) is 3.50. The SMILES string of the molecule is CCCC1CCN(C(=O)c2cc(S(N)(=O)=O)ccc2Cl)C1. The second-order valence-corrected chi connectivity index (χ2v) is 7.35. The molecule has 0 radical (unpaired) electrons. The molecule has 0 aliphatic carbocycles. The van der Waals surface area contributed by atoms with Crippen LogP contribution in [-0.2, 0) is 10.0 Å². The van der Waals surface area contributed by atoms with Crippen molar-refractivity contribution in [3.8, 4) is 0 Å². The normalized spacial score (nSPS) is 19.0. The number of sulfonamides is 1. The molecule has 2 N–H and O–H groups in total. The number of likely N-dealkylation sites (tertiary alicyclic amines) is 1. The molecule has 0 spiro atoms. The lowest BCUT2D eigenvalue weighted by Crippen LogP contribution is -2.29. The number of rotatable bonds is 4. The highest BCUT2D eigenvalue weighted by Crippen LogP contribution is 2.26. The summed E-state index contributed by atoms with van der Waals surface area (Å²) in [5.41, 5.74) is 0.195. The molecule has 1 atom stereocenters. The molecule has 5 nitrogen and oxygen atoms in total. The number of halogens is 1. The van der Waals surface area contributed by atoms with E-state index in [2.05, 4.69) is 6.92 Å². The lowest BCUT2D eigenvalue weighted by molar-refractivity contribution is 0.0786. The first-order chi connectivity index (χ1) is 9.82. The lowest BCUT2D eigenvalue weighted by atomic mass is 10.0. The van der Waals surface area contributed by atoms with Gasteiger partial charge in [0, 0.05) is 13.1 Å². The number of hydrogen-bond donors (Lipinski definition) is 1. The number of primary sulfonamides is 1. The minimum Gasteiger partial charge on any atom is -0.338 e. The van der Waals surface area contributed by atoms with Crippen LogP contribution in [0.2, 0.25) is 5.02 Å². The van der Waals surface area contributed by atoms with Gasteiger partial charge in [-0.2, -0.15) is 0 Å². The first-order valence-corrected chi connectivity index (χ1v) is 8.87. The largest absolute Gasteiger partial charge is 0.338 e. The van der Waals surface area contributed by atoms with Gasteiger partial charge in [0.1, 0.15) is 0 Å². The Labute approximate surface area is 130 Å². The van der Waals surface area contributed by atoms with E-state index >= 15 is 0 Å². The first-order valence-electron chi connectivity index (χ1n) is 6.94. The number of nitrogens with two attached hydrogens (primary N) is 1. The van der Waals surface area contributed by atoms with Gasteiger partial charge in [0.15, 0.2) is 0 Å². The summed E-state index contributed by atoms with van der Waals surface area (Å²) in [5, 5.41) is 5.34. The Morgan fingerprint density at radius 1 is 1.48 bits per heavy atom. The zero-order valence-corrected chi connectivity index (χ0v) is 13.5.